The third-order valence-corrected chi connectivity index (χ3v) is 5.54. The molecule has 8 nitrogen and oxygen atoms in total. The summed E-state index contributed by atoms with van der Waals surface area (Å²) in [7, 11) is 0. The average Bonchev–Trinajstić information content (AvgIpc) is 3.35. The highest BCUT2D eigenvalue weighted by Gasteiger charge is 2.52. The second-order valence-electron chi connectivity index (χ2n) is 7.20. The molecule has 1 aliphatic carbocycles. The summed E-state index contributed by atoms with van der Waals surface area (Å²) in [4.78, 5) is 51.5. The van der Waals surface area contributed by atoms with Gasteiger partial charge in [-0.3, -0.25) is 19.3 Å². The number of fused-ring (bicyclic) bond motifs is 1. The van der Waals surface area contributed by atoms with Crippen LogP contribution in [0.5, 0.6) is 0 Å². The lowest BCUT2D eigenvalue weighted by Gasteiger charge is -2.20. The molecule has 1 saturated carbocycles. The fourth-order valence-corrected chi connectivity index (χ4v) is 4.13. The Morgan fingerprint density at radius 1 is 1.15 bits per heavy atom. The van der Waals surface area contributed by atoms with Crippen LogP contribution in [0.25, 0.3) is 0 Å². The molecular formula is C19H21N3O5. The van der Waals surface area contributed by atoms with Crippen molar-refractivity contribution in [1.29, 1.82) is 0 Å². The van der Waals surface area contributed by atoms with E-state index >= 15 is 0 Å². The first kappa shape index (κ1) is 17.5. The number of amides is 4. The summed E-state index contributed by atoms with van der Waals surface area (Å²) < 4.78 is 5.04. The Kier molecular flexibility index (Phi) is 4.33. The Bertz CT molecular complexity index is 815. The maximum Gasteiger partial charge on any atom is 0.326 e. The molecule has 1 N–H and O–H groups in total. The summed E-state index contributed by atoms with van der Waals surface area (Å²) in [6.45, 7) is -0.344. The van der Waals surface area contributed by atoms with Crippen LogP contribution in [-0.4, -0.2) is 54.0 Å². The number of urea groups is 1. The highest BCUT2D eigenvalue weighted by molar-refractivity contribution is 6.09. The minimum Gasteiger partial charge on any atom is -0.454 e. The normalized spacial score (nSPS) is 20.1. The summed E-state index contributed by atoms with van der Waals surface area (Å²) in [5, 5.41) is 2.71. The van der Waals surface area contributed by atoms with Gasteiger partial charge >= 0.3 is 12.0 Å². The number of nitrogens with one attached hydrogen (secondary N) is 1. The molecule has 0 radical (unpaired) electrons. The predicted molar refractivity (Wildman–Crippen MR) is 94.9 cm³/mol. The first-order valence-corrected chi connectivity index (χ1v) is 9.18. The van der Waals surface area contributed by atoms with Crippen molar-refractivity contribution >= 4 is 29.5 Å². The number of rotatable bonds is 4. The summed E-state index contributed by atoms with van der Waals surface area (Å²) in [5.74, 6) is -1.46. The zero-order valence-electron chi connectivity index (χ0n) is 14.9. The smallest absolute Gasteiger partial charge is 0.326 e. The Morgan fingerprint density at radius 3 is 2.67 bits per heavy atom. The molecule has 8 heteroatoms. The van der Waals surface area contributed by atoms with Crippen molar-refractivity contribution in [2.75, 3.05) is 24.6 Å². The maximum atomic E-state index is 12.5. The van der Waals surface area contributed by atoms with E-state index in [1.165, 1.54) is 0 Å². The number of benzene rings is 1. The molecule has 1 saturated heterocycles. The van der Waals surface area contributed by atoms with Crippen LogP contribution >= 0.6 is 0 Å². The van der Waals surface area contributed by atoms with Gasteiger partial charge in [0.15, 0.2) is 6.61 Å². The van der Waals surface area contributed by atoms with Gasteiger partial charge in [0, 0.05) is 12.2 Å². The largest absolute Gasteiger partial charge is 0.454 e. The first-order valence-electron chi connectivity index (χ1n) is 9.18. The lowest BCUT2D eigenvalue weighted by molar-refractivity contribution is -0.150. The van der Waals surface area contributed by atoms with E-state index in [9.17, 15) is 19.2 Å². The minimum absolute atomic E-state index is 0.322. The molecule has 3 aliphatic rings. The van der Waals surface area contributed by atoms with Crippen LogP contribution in [-0.2, 0) is 25.5 Å². The number of para-hydroxylation sites is 1. The van der Waals surface area contributed by atoms with Crippen molar-refractivity contribution in [2.45, 2.75) is 37.6 Å². The van der Waals surface area contributed by atoms with E-state index in [0.29, 0.717) is 19.4 Å². The van der Waals surface area contributed by atoms with Crippen molar-refractivity contribution < 1.29 is 23.9 Å². The molecule has 0 unspecified atom stereocenters. The third kappa shape index (κ3) is 3.05. The zero-order chi connectivity index (χ0) is 19.0. The van der Waals surface area contributed by atoms with Crippen LogP contribution in [0, 0.1) is 0 Å². The summed E-state index contributed by atoms with van der Waals surface area (Å²) >= 11 is 0. The van der Waals surface area contributed by atoms with Crippen molar-refractivity contribution in [3.63, 3.8) is 0 Å². The summed E-state index contributed by atoms with van der Waals surface area (Å²) in [6.07, 6.45) is 3.69. The van der Waals surface area contributed by atoms with Gasteiger partial charge in [-0.25, -0.2) is 4.79 Å². The van der Waals surface area contributed by atoms with Crippen molar-refractivity contribution in [2.24, 2.45) is 0 Å². The summed E-state index contributed by atoms with van der Waals surface area (Å²) in [5.41, 5.74) is 1.06. The number of imide groups is 1. The predicted octanol–water partition coefficient (Wildman–Crippen LogP) is 0.983. The number of ether oxygens (including phenoxy) is 1. The number of anilines is 1. The number of hydrogen-bond acceptors (Lipinski definition) is 5. The molecule has 0 bridgehead atoms. The molecule has 4 rings (SSSR count). The highest BCUT2D eigenvalue weighted by Crippen LogP contribution is 2.35. The number of esters is 1. The number of carbonyl (C=O) groups is 4. The van der Waals surface area contributed by atoms with E-state index in [1.807, 2.05) is 24.3 Å². The monoisotopic (exact) mass is 371 g/mol. The van der Waals surface area contributed by atoms with Crippen LogP contribution in [0.15, 0.2) is 24.3 Å². The highest BCUT2D eigenvalue weighted by atomic mass is 16.5. The van der Waals surface area contributed by atoms with Gasteiger partial charge in [0.1, 0.15) is 12.1 Å². The van der Waals surface area contributed by atoms with Gasteiger partial charge in [-0.15, -0.1) is 0 Å². The molecule has 4 amide bonds. The van der Waals surface area contributed by atoms with E-state index in [2.05, 4.69) is 5.32 Å². The Morgan fingerprint density at radius 2 is 1.89 bits per heavy atom. The molecule has 0 aromatic heterocycles. The van der Waals surface area contributed by atoms with Crippen LogP contribution in [0.3, 0.4) is 0 Å². The van der Waals surface area contributed by atoms with Gasteiger partial charge < -0.3 is 15.0 Å². The Labute approximate surface area is 156 Å². The van der Waals surface area contributed by atoms with Crippen LogP contribution < -0.4 is 10.2 Å². The molecule has 2 fully saturated rings. The van der Waals surface area contributed by atoms with Gasteiger partial charge in [-0.1, -0.05) is 31.0 Å². The van der Waals surface area contributed by atoms with Gasteiger partial charge in [-0.2, -0.15) is 0 Å². The quantitative estimate of drug-likeness (QED) is 0.629. The molecule has 0 atom stereocenters. The zero-order valence-corrected chi connectivity index (χ0v) is 14.9. The lowest BCUT2D eigenvalue weighted by atomic mass is 9.98. The van der Waals surface area contributed by atoms with Gasteiger partial charge in [0.05, 0.1) is 0 Å². The van der Waals surface area contributed by atoms with Gasteiger partial charge in [0.2, 0.25) is 0 Å². The van der Waals surface area contributed by atoms with Crippen LogP contribution in [0.4, 0.5) is 10.5 Å². The van der Waals surface area contributed by atoms with Crippen LogP contribution in [0.2, 0.25) is 0 Å². The van der Waals surface area contributed by atoms with E-state index in [1.54, 1.807) is 4.90 Å². The Hall–Kier alpha value is -2.90. The molecule has 142 valence electrons. The average molecular weight is 371 g/mol. The Balaban J connectivity index is 1.32. The SMILES string of the molecule is O=C(CN1C(=O)NC2(CCCC2)C1=O)OCC(=O)N1CCc2ccccc21. The molecule has 1 spiro atoms. The van der Waals surface area contributed by atoms with E-state index < -0.39 is 30.7 Å². The molecule has 2 aliphatic heterocycles. The fourth-order valence-electron chi connectivity index (χ4n) is 4.13. The van der Waals surface area contributed by atoms with Gasteiger partial charge in [0.25, 0.3) is 11.8 Å². The number of carbonyl (C=O) groups excluding carboxylic acids is 4. The van der Waals surface area contributed by atoms with Crippen molar-refractivity contribution in [1.82, 2.24) is 10.2 Å². The lowest BCUT2D eigenvalue weighted by Crippen LogP contribution is -2.44. The third-order valence-electron chi connectivity index (χ3n) is 5.54. The topological polar surface area (TPSA) is 96.0 Å². The molecule has 1 aromatic rings. The van der Waals surface area contributed by atoms with Crippen molar-refractivity contribution in [3.8, 4) is 0 Å². The summed E-state index contributed by atoms with van der Waals surface area (Å²) in [6, 6.07) is 7.02. The number of hydrogen-bond donors (Lipinski definition) is 1. The standard InChI is InChI=1S/C19H21N3O5/c23-15(21-10-7-13-5-1-2-6-14(13)21)12-27-16(24)11-22-17(25)19(20-18(22)26)8-3-4-9-19/h1-2,5-6H,3-4,7-12H2,(H,20,26). The van der Waals surface area contributed by atoms with E-state index in [4.69, 9.17) is 4.74 Å². The molecule has 2 heterocycles. The molecule has 1 aromatic carbocycles. The molecule has 27 heavy (non-hydrogen) atoms. The fraction of sp³-hybridized carbons (Fsp3) is 0.474. The van der Waals surface area contributed by atoms with E-state index in [-0.39, 0.29) is 11.8 Å². The van der Waals surface area contributed by atoms with Gasteiger partial charge in [-0.05, 0) is 30.9 Å². The maximum absolute atomic E-state index is 12.5. The first-order chi connectivity index (χ1) is 13.0. The van der Waals surface area contributed by atoms with Crippen LogP contribution in [0.1, 0.15) is 31.2 Å². The van der Waals surface area contributed by atoms with E-state index in [0.717, 1.165) is 35.4 Å². The minimum atomic E-state index is -0.855. The number of nitrogens with zero attached hydrogens (tertiary/aromatic N) is 2. The molecular weight excluding hydrogens is 350 g/mol. The second-order valence-corrected chi connectivity index (χ2v) is 7.20. The second kappa shape index (κ2) is 6.68. The van der Waals surface area contributed by atoms with Crippen molar-refractivity contribution in [3.05, 3.63) is 29.8 Å².